The zero-order valence-electron chi connectivity index (χ0n) is 16.1. The smallest absolute Gasteiger partial charge is 0.273 e. The van der Waals surface area contributed by atoms with Crippen molar-refractivity contribution >= 4 is 29.3 Å². The average molecular weight is 383 g/mol. The summed E-state index contributed by atoms with van der Waals surface area (Å²) in [4.78, 5) is 29.5. The van der Waals surface area contributed by atoms with E-state index in [4.69, 9.17) is 11.5 Å². The van der Waals surface area contributed by atoms with E-state index in [1.807, 2.05) is 29.2 Å². The molecule has 1 aromatic carbocycles. The number of carbonyl (C=O) groups excluding carboxylic acids is 2. The van der Waals surface area contributed by atoms with E-state index >= 15 is 0 Å². The van der Waals surface area contributed by atoms with Crippen LogP contribution in [0.3, 0.4) is 0 Å². The van der Waals surface area contributed by atoms with Crippen molar-refractivity contribution in [1.82, 2.24) is 15.2 Å². The van der Waals surface area contributed by atoms with Crippen LogP contribution in [0.25, 0.3) is 0 Å². The summed E-state index contributed by atoms with van der Waals surface area (Å²) in [6.07, 6.45) is 1.27. The number of nitrogens with one attached hydrogen (secondary N) is 1. The number of benzene rings is 1. The first-order valence-corrected chi connectivity index (χ1v) is 9.31. The summed E-state index contributed by atoms with van der Waals surface area (Å²) >= 11 is 0. The van der Waals surface area contributed by atoms with Gasteiger partial charge in [0, 0.05) is 24.7 Å². The third-order valence-electron chi connectivity index (χ3n) is 4.93. The second-order valence-electron chi connectivity index (χ2n) is 7.24. The van der Waals surface area contributed by atoms with Crippen LogP contribution >= 0.6 is 0 Å². The number of hydrogen-bond donors (Lipinski definition) is 3. The Hall–Kier alpha value is -3.23. The number of nitrogens with zero attached hydrogens (tertiary/aromatic N) is 4. The Morgan fingerprint density at radius 1 is 1.11 bits per heavy atom. The van der Waals surface area contributed by atoms with Gasteiger partial charge in [0.15, 0.2) is 11.5 Å². The van der Waals surface area contributed by atoms with Crippen LogP contribution in [0.1, 0.15) is 48.7 Å². The topological polar surface area (TPSA) is 140 Å². The van der Waals surface area contributed by atoms with Crippen LogP contribution in [0.2, 0.25) is 0 Å². The van der Waals surface area contributed by atoms with Gasteiger partial charge >= 0.3 is 0 Å². The SMILES string of the molecule is CC(C)c1ccc(Nc2nc(N3CCC(C(N)=O)CC3)nnc2C(N)=O)cc1. The van der Waals surface area contributed by atoms with Gasteiger partial charge in [-0.2, -0.15) is 4.98 Å². The fourth-order valence-electron chi connectivity index (χ4n) is 3.16. The minimum absolute atomic E-state index is 0.0243. The summed E-state index contributed by atoms with van der Waals surface area (Å²) in [5, 5.41) is 11.1. The lowest BCUT2D eigenvalue weighted by molar-refractivity contribution is -0.122. The normalized spacial score (nSPS) is 14.9. The van der Waals surface area contributed by atoms with Gasteiger partial charge in [-0.3, -0.25) is 9.59 Å². The summed E-state index contributed by atoms with van der Waals surface area (Å²) < 4.78 is 0. The summed E-state index contributed by atoms with van der Waals surface area (Å²) in [7, 11) is 0. The molecule has 0 aliphatic carbocycles. The van der Waals surface area contributed by atoms with Crippen LogP contribution < -0.4 is 21.7 Å². The first-order valence-electron chi connectivity index (χ1n) is 9.31. The van der Waals surface area contributed by atoms with E-state index in [9.17, 15) is 9.59 Å². The Morgan fingerprint density at radius 3 is 2.29 bits per heavy atom. The van der Waals surface area contributed by atoms with E-state index in [0.29, 0.717) is 37.8 Å². The van der Waals surface area contributed by atoms with Crippen molar-refractivity contribution in [3.8, 4) is 0 Å². The molecule has 2 amide bonds. The highest BCUT2D eigenvalue weighted by Crippen LogP contribution is 2.24. The minimum atomic E-state index is -0.708. The number of hydrogen-bond acceptors (Lipinski definition) is 7. The lowest BCUT2D eigenvalue weighted by atomic mass is 9.96. The molecule has 1 fully saturated rings. The molecule has 1 aromatic heterocycles. The number of amides is 2. The first-order chi connectivity index (χ1) is 13.3. The van der Waals surface area contributed by atoms with E-state index in [-0.39, 0.29) is 23.3 Å². The lowest BCUT2D eigenvalue weighted by Crippen LogP contribution is -2.39. The number of piperidine rings is 1. The molecule has 0 saturated carbocycles. The monoisotopic (exact) mass is 383 g/mol. The lowest BCUT2D eigenvalue weighted by Gasteiger charge is -2.30. The van der Waals surface area contributed by atoms with Crippen molar-refractivity contribution in [2.24, 2.45) is 17.4 Å². The molecular formula is C19H25N7O2. The van der Waals surface area contributed by atoms with Gasteiger partial charge in [-0.15, -0.1) is 10.2 Å². The van der Waals surface area contributed by atoms with E-state index in [0.717, 1.165) is 5.69 Å². The Kier molecular flexibility index (Phi) is 5.72. The summed E-state index contributed by atoms with van der Waals surface area (Å²) in [5.41, 5.74) is 12.8. The van der Waals surface area contributed by atoms with Gasteiger partial charge in [-0.25, -0.2) is 0 Å². The van der Waals surface area contributed by atoms with Gasteiger partial charge in [0.2, 0.25) is 11.9 Å². The highest BCUT2D eigenvalue weighted by atomic mass is 16.1. The largest absolute Gasteiger partial charge is 0.369 e. The number of anilines is 3. The summed E-state index contributed by atoms with van der Waals surface area (Å²) in [6, 6.07) is 7.86. The highest BCUT2D eigenvalue weighted by Gasteiger charge is 2.26. The number of carbonyl (C=O) groups is 2. The second-order valence-corrected chi connectivity index (χ2v) is 7.24. The quantitative estimate of drug-likeness (QED) is 0.687. The number of primary amides is 2. The fourth-order valence-corrected chi connectivity index (χ4v) is 3.16. The van der Waals surface area contributed by atoms with Gasteiger partial charge in [0.25, 0.3) is 5.91 Å². The molecule has 0 radical (unpaired) electrons. The highest BCUT2D eigenvalue weighted by molar-refractivity contribution is 5.96. The maximum absolute atomic E-state index is 11.7. The maximum Gasteiger partial charge on any atom is 0.273 e. The van der Waals surface area contributed by atoms with Crippen LogP contribution in [-0.2, 0) is 4.79 Å². The van der Waals surface area contributed by atoms with Gasteiger partial charge < -0.3 is 21.7 Å². The van der Waals surface area contributed by atoms with Crippen LogP contribution in [0, 0.1) is 5.92 Å². The molecule has 5 N–H and O–H groups in total. The third-order valence-corrected chi connectivity index (χ3v) is 4.93. The summed E-state index contributed by atoms with van der Waals surface area (Å²) in [6.45, 7) is 5.42. The standard InChI is InChI=1S/C19H25N7O2/c1-11(2)12-3-5-14(6-4-12)22-18-15(17(21)28)24-25-19(23-18)26-9-7-13(8-10-26)16(20)27/h3-6,11,13H,7-10H2,1-2H3,(H2,20,27)(H2,21,28)(H,22,23,25). The predicted molar refractivity (Wildman–Crippen MR) is 106 cm³/mol. The van der Waals surface area contributed by atoms with Gasteiger partial charge in [0.1, 0.15) is 0 Å². The van der Waals surface area contributed by atoms with Crippen molar-refractivity contribution < 1.29 is 9.59 Å². The molecule has 0 unspecified atom stereocenters. The molecule has 1 aliphatic rings. The molecule has 2 heterocycles. The molecule has 148 valence electrons. The van der Waals surface area contributed by atoms with Crippen LogP contribution in [0.4, 0.5) is 17.5 Å². The molecular weight excluding hydrogens is 358 g/mol. The first kappa shape index (κ1) is 19.5. The van der Waals surface area contributed by atoms with Crippen LogP contribution in [0.5, 0.6) is 0 Å². The maximum atomic E-state index is 11.7. The van der Waals surface area contributed by atoms with E-state index < -0.39 is 5.91 Å². The van der Waals surface area contributed by atoms with Crippen LogP contribution in [-0.4, -0.2) is 40.1 Å². The third kappa shape index (κ3) is 4.36. The second kappa shape index (κ2) is 8.20. The molecule has 3 rings (SSSR count). The average Bonchev–Trinajstić information content (AvgIpc) is 2.68. The molecule has 0 bridgehead atoms. The number of aromatic nitrogens is 3. The Labute approximate surface area is 163 Å². The fraction of sp³-hybridized carbons (Fsp3) is 0.421. The molecule has 9 heteroatoms. The summed E-state index contributed by atoms with van der Waals surface area (Å²) in [5.74, 6) is -0.0617. The predicted octanol–water partition coefficient (Wildman–Crippen LogP) is 1.54. The van der Waals surface area contributed by atoms with Crippen LogP contribution in [0.15, 0.2) is 24.3 Å². The Morgan fingerprint density at radius 2 is 1.75 bits per heavy atom. The molecule has 2 aromatic rings. The zero-order valence-corrected chi connectivity index (χ0v) is 16.1. The van der Waals surface area contributed by atoms with Gasteiger partial charge in [-0.05, 0) is 36.5 Å². The van der Waals surface area contributed by atoms with E-state index in [2.05, 4.69) is 34.3 Å². The van der Waals surface area contributed by atoms with Gasteiger partial charge in [0.05, 0.1) is 0 Å². The van der Waals surface area contributed by atoms with Crippen molar-refractivity contribution in [3.63, 3.8) is 0 Å². The molecule has 28 heavy (non-hydrogen) atoms. The van der Waals surface area contributed by atoms with Gasteiger partial charge in [-0.1, -0.05) is 26.0 Å². The van der Waals surface area contributed by atoms with Crippen molar-refractivity contribution in [2.45, 2.75) is 32.6 Å². The van der Waals surface area contributed by atoms with E-state index in [1.54, 1.807) is 0 Å². The molecule has 1 aliphatic heterocycles. The van der Waals surface area contributed by atoms with E-state index in [1.165, 1.54) is 5.56 Å². The molecule has 1 saturated heterocycles. The Balaban J connectivity index is 1.82. The van der Waals surface area contributed by atoms with Crippen molar-refractivity contribution in [3.05, 3.63) is 35.5 Å². The number of nitrogens with two attached hydrogens (primary N) is 2. The van der Waals surface area contributed by atoms with Crippen molar-refractivity contribution in [2.75, 3.05) is 23.3 Å². The van der Waals surface area contributed by atoms with Crippen molar-refractivity contribution in [1.29, 1.82) is 0 Å². The zero-order chi connectivity index (χ0) is 20.3. The molecule has 0 atom stereocenters. The Bertz CT molecular complexity index is 859. The molecule has 0 spiro atoms. The molecule has 9 nitrogen and oxygen atoms in total. The minimum Gasteiger partial charge on any atom is -0.369 e. The number of rotatable bonds is 6.